The molecule has 0 unspecified atom stereocenters. The van der Waals surface area contributed by atoms with Gasteiger partial charge in [-0.25, -0.2) is 0 Å². The highest BCUT2D eigenvalue weighted by Crippen LogP contribution is 2.20. The SMILES string of the molecule is CC(=O)/C(=N/Nc1ccccc1)Sc1nnnn1-c1ccccc1. The van der Waals surface area contributed by atoms with Gasteiger partial charge in [-0.1, -0.05) is 36.4 Å². The van der Waals surface area contributed by atoms with Crippen LogP contribution in [0.1, 0.15) is 6.92 Å². The molecule has 0 amide bonds. The lowest BCUT2D eigenvalue weighted by atomic mass is 10.3. The Hall–Kier alpha value is -3.00. The fraction of sp³-hybridized carbons (Fsp3) is 0.0625. The van der Waals surface area contributed by atoms with E-state index in [9.17, 15) is 4.79 Å². The van der Waals surface area contributed by atoms with Gasteiger partial charge < -0.3 is 0 Å². The number of aromatic nitrogens is 4. The highest BCUT2D eigenvalue weighted by Gasteiger charge is 2.16. The van der Waals surface area contributed by atoms with Crippen molar-refractivity contribution in [3.05, 3.63) is 60.7 Å². The van der Waals surface area contributed by atoms with E-state index < -0.39 is 0 Å². The van der Waals surface area contributed by atoms with E-state index in [1.807, 2.05) is 60.7 Å². The lowest BCUT2D eigenvalue weighted by Crippen LogP contribution is -2.10. The summed E-state index contributed by atoms with van der Waals surface area (Å²) in [7, 11) is 0. The van der Waals surface area contributed by atoms with Gasteiger partial charge in [0.15, 0.2) is 10.8 Å². The second-order valence-corrected chi connectivity index (χ2v) is 5.72. The number of benzene rings is 2. The van der Waals surface area contributed by atoms with Crippen LogP contribution in [0, 0.1) is 0 Å². The van der Waals surface area contributed by atoms with Crippen LogP contribution in [-0.4, -0.2) is 31.0 Å². The highest BCUT2D eigenvalue weighted by atomic mass is 32.2. The predicted molar refractivity (Wildman–Crippen MR) is 93.2 cm³/mol. The molecular weight excluding hydrogens is 324 g/mol. The van der Waals surface area contributed by atoms with Crippen molar-refractivity contribution in [1.29, 1.82) is 0 Å². The normalized spacial score (nSPS) is 11.3. The summed E-state index contributed by atoms with van der Waals surface area (Å²) >= 11 is 1.11. The van der Waals surface area contributed by atoms with Gasteiger partial charge >= 0.3 is 0 Å². The molecule has 3 aromatic rings. The number of nitrogens with one attached hydrogen (secondary N) is 1. The molecule has 24 heavy (non-hydrogen) atoms. The number of nitrogens with zero attached hydrogens (tertiary/aromatic N) is 5. The molecule has 120 valence electrons. The van der Waals surface area contributed by atoms with E-state index in [1.54, 1.807) is 4.68 Å². The van der Waals surface area contributed by atoms with E-state index >= 15 is 0 Å². The number of rotatable bonds is 5. The Morgan fingerprint density at radius 1 is 1.08 bits per heavy atom. The van der Waals surface area contributed by atoms with Crippen LogP contribution in [0.5, 0.6) is 0 Å². The van der Waals surface area contributed by atoms with Crippen LogP contribution >= 0.6 is 11.8 Å². The van der Waals surface area contributed by atoms with E-state index in [0.29, 0.717) is 5.16 Å². The number of tetrazole rings is 1. The number of Topliss-reactive ketones (excluding diaryl/α,β-unsaturated/α-hetero) is 1. The first-order valence-corrected chi connectivity index (χ1v) is 7.97. The summed E-state index contributed by atoms with van der Waals surface area (Å²) in [5.41, 5.74) is 4.47. The number of carbonyl (C=O) groups excluding carboxylic acids is 1. The molecule has 0 radical (unpaired) electrons. The first kappa shape index (κ1) is 15.9. The average molecular weight is 338 g/mol. The van der Waals surface area contributed by atoms with Crippen molar-refractivity contribution in [1.82, 2.24) is 20.2 Å². The Morgan fingerprint density at radius 3 is 2.42 bits per heavy atom. The van der Waals surface area contributed by atoms with E-state index in [1.165, 1.54) is 6.92 Å². The molecule has 0 spiro atoms. The summed E-state index contributed by atoms with van der Waals surface area (Å²) in [4.78, 5) is 11.9. The summed E-state index contributed by atoms with van der Waals surface area (Å²) in [6.45, 7) is 1.45. The zero-order valence-electron chi connectivity index (χ0n) is 12.8. The van der Waals surface area contributed by atoms with Crippen molar-refractivity contribution in [2.24, 2.45) is 5.10 Å². The second kappa shape index (κ2) is 7.51. The van der Waals surface area contributed by atoms with Crippen molar-refractivity contribution in [3.8, 4) is 5.69 Å². The Bertz CT molecular complexity index is 847. The molecule has 1 heterocycles. The summed E-state index contributed by atoms with van der Waals surface area (Å²) in [6.07, 6.45) is 0. The topological polar surface area (TPSA) is 85.1 Å². The molecule has 0 aliphatic heterocycles. The first-order chi connectivity index (χ1) is 11.7. The van der Waals surface area contributed by atoms with E-state index in [4.69, 9.17) is 0 Å². The Balaban J connectivity index is 1.82. The number of hydrogen-bond acceptors (Lipinski definition) is 7. The Labute approximate surface area is 142 Å². The first-order valence-electron chi connectivity index (χ1n) is 7.15. The minimum absolute atomic E-state index is 0.175. The maximum absolute atomic E-state index is 11.9. The van der Waals surface area contributed by atoms with Crippen LogP contribution in [0.25, 0.3) is 5.69 Å². The van der Waals surface area contributed by atoms with Crippen molar-refractivity contribution in [3.63, 3.8) is 0 Å². The maximum atomic E-state index is 11.9. The number of thioether (sulfide) groups is 1. The molecule has 1 aromatic heterocycles. The van der Waals surface area contributed by atoms with E-state index in [0.717, 1.165) is 23.1 Å². The molecule has 0 saturated heterocycles. The third-order valence-electron chi connectivity index (χ3n) is 2.99. The average Bonchev–Trinajstić information content (AvgIpc) is 3.08. The van der Waals surface area contributed by atoms with Gasteiger partial charge in [0, 0.05) is 6.92 Å². The number of carbonyl (C=O) groups is 1. The van der Waals surface area contributed by atoms with Gasteiger partial charge in [-0.05, 0) is 46.5 Å². The summed E-state index contributed by atoms with van der Waals surface area (Å²) < 4.78 is 1.56. The van der Waals surface area contributed by atoms with Gasteiger partial charge in [0.1, 0.15) is 0 Å². The Morgan fingerprint density at radius 2 is 1.75 bits per heavy atom. The van der Waals surface area contributed by atoms with Gasteiger partial charge in [-0.3, -0.25) is 10.2 Å². The van der Waals surface area contributed by atoms with Crippen molar-refractivity contribution in [2.45, 2.75) is 12.1 Å². The monoisotopic (exact) mass is 338 g/mol. The Kier molecular flexibility index (Phi) is 4.97. The van der Waals surface area contributed by atoms with Gasteiger partial charge in [-0.15, -0.1) is 5.10 Å². The zero-order chi connectivity index (χ0) is 16.8. The van der Waals surface area contributed by atoms with E-state index in [-0.39, 0.29) is 10.8 Å². The molecule has 0 aliphatic rings. The zero-order valence-corrected chi connectivity index (χ0v) is 13.6. The number of hydrazone groups is 1. The van der Waals surface area contributed by atoms with Crippen LogP contribution < -0.4 is 5.43 Å². The summed E-state index contributed by atoms with van der Waals surface area (Å²) in [5.74, 6) is -0.175. The lowest BCUT2D eigenvalue weighted by Gasteiger charge is -2.05. The molecule has 0 fully saturated rings. The maximum Gasteiger partial charge on any atom is 0.220 e. The van der Waals surface area contributed by atoms with Gasteiger partial charge in [0.2, 0.25) is 5.16 Å². The summed E-state index contributed by atoms with van der Waals surface area (Å²) in [5, 5.41) is 16.5. The van der Waals surface area contributed by atoms with Crippen molar-refractivity contribution < 1.29 is 4.79 Å². The van der Waals surface area contributed by atoms with Crippen molar-refractivity contribution in [2.75, 3.05) is 5.43 Å². The van der Waals surface area contributed by atoms with Crippen LogP contribution in [-0.2, 0) is 4.79 Å². The van der Waals surface area contributed by atoms with Gasteiger partial charge in [0.05, 0.1) is 11.4 Å². The molecule has 0 aliphatic carbocycles. The third-order valence-corrected chi connectivity index (χ3v) is 4.00. The number of para-hydroxylation sites is 2. The van der Waals surface area contributed by atoms with Crippen LogP contribution in [0.2, 0.25) is 0 Å². The van der Waals surface area contributed by atoms with Crippen LogP contribution in [0.15, 0.2) is 70.9 Å². The molecule has 7 nitrogen and oxygen atoms in total. The highest BCUT2D eigenvalue weighted by molar-refractivity contribution is 8.15. The number of hydrogen-bond donors (Lipinski definition) is 1. The predicted octanol–water partition coefficient (Wildman–Crippen LogP) is 2.77. The van der Waals surface area contributed by atoms with Gasteiger partial charge in [-0.2, -0.15) is 9.78 Å². The number of ketones is 1. The van der Waals surface area contributed by atoms with Gasteiger partial charge in [0.25, 0.3) is 0 Å². The van der Waals surface area contributed by atoms with Crippen LogP contribution in [0.4, 0.5) is 5.69 Å². The molecule has 8 heteroatoms. The smallest absolute Gasteiger partial charge is 0.220 e. The summed E-state index contributed by atoms with van der Waals surface area (Å²) in [6, 6.07) is 18.9. The van der Waals surface area contributed by atoms with E-state index in [2.05, 4.69) is 26.1 Å². The molecule has 1 N–H and O–H groups in total. The molecule has 0 atom stereocenters. The largest absolute Gasteiger partial charge is 0.292 e. The fourth-order valence-electron chi connectivity index (χ4n) is 1.86. The molecule has 2 aromatic carbocycles. The number of anilines is 1. The lowest BCUT2D eigenvalue weighted by molar-refractivity contribution is -0.110. The molecular formula is C16H14N6OS. The molecule has 0 saturated carbocycles. The molecule has 0 bridgehead atoms. The third kappa shape index (κ3) is 3.85. The van der Waals surface area contributed by atoms with Crippen LogP contribution in [0.3, 0.4) is 0 Å². The minimum atomic E-state index is -0.175. The fourth-order valence-corrected chi connectivity index (χ4v) is 2.58. The second-order valence-electron chi connectivity index (χ2n) is 4.76. The minimum Gasteiger partial charge on any atom is -0.292 e. The van der Waals surface area contributed by atoms with Crippen molar-refractivity contribution >= 4 is 28.3 Å². The molecule has 3 rings (SSSR count). The quantitative estimate of drug-likeness (QED) is 0.333. The standard InChI is InChI=1S/C16H14N6OS/c1-12(23)15(18-17-13-8-4-2-5-9-13)24-16-19-20-21-22(16)14-10-6-3-7-11-14/h2-11,17H,1H3/b18-15-.